The summed E-state index contributed by atoms with van der Waals surface area (Å²) in [7, 11) is 0. The molecule has 0 aliphatic heterocycles. The largest absolute Gasteiger partial charge is 0.380 e. The predicted molar refractivity (Wildman–Crippen MR) is 72.2 cm³/mol. The van der Waals surface area contributed by atoms with Gasteiger partial charge < -0.3 is 5.32 Å². The van der Waals surface area contributed by atoms with Crippen LogP contribution in [0.1, 0.15) is 30.9 Å². The first-order valence-corrected chi connectivity index (χ1v) is 6.55. The van der Waals surface area contributed by atoms with Gasteiger partial charge in [-0.25, -0.2) is 0 Å². The summed E-state index contributed by atoms with van der Waals surface area (Å²) in [4.78, 5) is 0. The Bertz CT molecular complexity index is 415. The van der Waals surface area contributed by atoms with Gasteiger partial charge in [-0.2, -0.15) is 11.3 Å². The van der Waals surface area contributed by atoms with Crippen molar-refractivity contribution in [2.75, 3.05) is 5.32 Å². The molecule has 0 aliphatic rings. The fraction of sp³-hybridized carbons (Fsp3) is 0.286. The van der Waals surface area contributed by atoms with E-state index in [-0.39, 0.29) is 0 Å². The molecule has 0 aliphatic carbocycles. The minimum atomic E-state index is 0.610. The summed E-state index contributed by atoms with van der Waals surface area (Å²) in [5.41, 5.74) is 3.94. The highest BCUT2D eigenvalue weighted by molar-refractivity contribution is 7.08. The number of hydrogen-bond donors (Lipinski definition) is 1. The van der Waals surface area contributed by atoms with Gasteiger partial charge in [0.1, 0.15) is 0 Å². The van der Waals surface area contributed by atoms with Crippen LogP contribution in [0.15, 0.2) is 41.1 Å². The maximum atomic E-state index is 3.40. The normalized spacial score (nSPS) is 10.7. The van der Waals surface area contributed by atoms with Gasteiger partial charge in [0.2, 0.25) is 0 Å². The van der Waals surface area contributed by atoms with E-state index in [4.69, 9.17) is 0 Å². The molecule has 1 heterocycles. The summed E-state index contributed by atoms with van der Waals surface area (Å²) < 4.78 is 0. The predicted octanol–water partition coefficient (Wildman–Crippen LogP) is 4.48. The molecule has 0 amide bonds. The lowest BCUT2D eigenvalue weighted by Crippen LogP contribution is -1.98. The molecule has 0 unspecified atom stereocenters. The molecule has 2 rings (SSSR count). The molecule has 2 aromatic rings. The molecule has 2 heteroatoms. The van der Waals surface area contributed by atoms with Crippen molar-refractivity contribution in [2.45, 2.75) is 26.3 Å². The summed E-state index contributed by atoms with van der Waals surface area (Å²) >= 11 is 1.72. The third kappa shape index (κ3) is 2.86. The number of nitrogens with one attached hydrogen (secondary N) is 1. The molecule has 1 aromatic heterocycles. The highest BCUT2D eigenvalue weighted by Crippen LogP contribution is 2.16. The molecular formula is C14H17NS. The van der Waals surface area contributed by atoms with Crippen LogP contribution >= 0.6 is 11.3 Å². The van der Waals surface area contributed by atoms with E-state index in [0.29, 0.717) is 5.92 Å². The molecule has 0 spiro atoms. The number of anilines is 1. The van der Waals surface area contributed by atoms with E-state index in [1.165, 1.54) is 16.8 Å². The van der Waals surface area contributed by atoms with Gasteiger partial charge in [-0.3, -0.25) is 0 Å². The summed E-state index contributed by atoms with van der Waals surface area (Å²) in [5, 5.41) is 7.61. The first-order valence-electron chi connectivity index (χ1n) is 5.60. The Hall–Kier alpha value is -1.28. The molecular weight excluding hydrogens is 214 g/mol. The number of benzene rings is 1. The summed E-state index contributed by atoms with van der Waals surface area (Å²) in [6.07, 6.45) is 0. The molecule has 0 atom stereocenters. The van der Waals surface area contributed by atoms with E-state index in [2.05, 4.69) is 60.3 Å². The molecule has 1 aromatic carbocycles. The van der Waals surface area contributed by atoms with Crippen molar-refractivity contribution in [2.24, 2.45) is 0 Å². The average Bonchev–Trinajstić information content (AvgIpc) is 2.80. The highest BCUT2D eigenvalue weighted by Gasteiger charge is 1.99. The molecule has 1 nitrogen and oxygen atoms in total. The van der Waals surface area contributed by atoms with Crippen LogP contribution in [0, 0.1) is 0 Å². The maximum Gasteiger partial charge on any atom is 0.0451 e. The first kappa shape index (κ1) is 11.2. The Kier molecular flexibility index (Phi) is 3.62. The minimum Gasteiger partial charge on any atom is -0.380 e. The van der Waals surface area contributed by atoms with Gasteiger partial charge in [0.25, 0.3) is 0 Å². The lowest BCUT2D eigenvalue weighted by Gasteiger charge is -2.07. The fourth-order valence-corrected chi connectivity index (χ4v) is 2.20. The van der Waals surface area contributed by atoms with E-state index in [9.17, 15) is 0 Å². The second-order valence-corrected chi connectivity index (χ2v) is 5.04. The third-order valence-corrected chi connectivity index (χ3v) is 3.35. The van der Waals surface area contributed by atoms with Crippen molar-refractivity contribution in [3.63, 3.8) is 0 Å². The zero-order valence-electron chi connectivity index (χ0n) is 9.73. The standard InChI is InChI=1S/C14H17NS/c1-11(2)13-5-3-12(4-6-13)9-15-14-7-8-16-10-14/h3-8,10-11,15H,9H2,1-2H3. The van der Waals surface area contributed by atoms with Gasteiger partial charge in [-0.05, 0) is 28.5 Å². The highest BCUT2D eigenvalue weighted by atomic mass is 32.1. The molecule has 0 bridgehead atoms. The Morgan fingerprint density at radius 2 is 1.88 bits per heavy atom. The number of thiophene rings is 1. The molecule has 1 N–H and O–H groups in total. The Balaban J connectivity index is 1.95. The van der Waals surface area contributed by atoms with E-state index in [1.807, 2.05) is 0 Å². The smallest absolute Gasteiger partial charge is 0.0451 e. The van der Waals surface area contributed by atoms with Crippen LogP contribution in [0.25, 0.3) is 0 Å². The van der Waals surface area contributed by atoms with E-state index >= 15 is 0 Å². The van der Waals surface area contributed by atoms with Crippen LogP contribution in [0.4, 0.5) is 5.69 Å². The molecule has 0 fully saturated rings. The van der Waals surface area contributed by atoms with Crippen LogP contribution in [0.2, 0.25) is 0 Å². The monoisotopic (exact) mass is 231 g/mol. The van der Waals surface area contributed by atoms with Gasteiger partial charge in [-0.15, -0.1) is 0 Å². The summed E-state index contributed by atoms with van der Waals surface area (Å²) in [6, 6.07) is 10.9. The summed E-state index contributed by atoms with van der Waals surface area (Å²) in [6.45, 7) is 5.34. The van der Waals surface area contributed by atoms with Gasteiger partial charge in [0, 0.05) is 17.6 Å². The quantitative estimate of drug-likeness (QED) is 0.818. The van der Waals surface area contributed by atoms with Crippen molar-refractivity contribution in [3.05, 3.63) is 52.2 Å². The van der Waals surface area contributed by atoms with Gasteiger partial charge in [-0.1, -0.05) is 38.1 Å². The lowest BCUT2D eigenvalue weighted by atomic mass is 10.0. The van der Waals surface area contributed by atoms with E-state index in [0.717, 1.165) is 6.54 Å². The van der Waals surface area contributed by atoms with Gasteiger partial charge in [0.05, 0.1) is 0 Å². The molecule has 0 saturated heterocycles. The van der Waals surface area contributed by atoms with Gasteiger partial charge in [0.15, 0.2) is 0 Å². The SMILES string of the molecule is CC(C)c1ccc(CNc2ccsc2)cc1. The van der Waals surface area contributed by atoms with E-state index in [1.54, 1.807) is 11.3 Å². The Morgan fingerprint density at radius 3 is 2.44 bits per heavy atom. The van der Waals surface area contributed by atoms with Gasteiger partial charge >= 0.3 is 0 Å². The molecule has 16 heavy (non-hydrogen) atoms. The maximum absolute atomic E-state index is 3.40. The molecule has 0 saturated carbocycles. The minimum absolute atomic E-state index is 0.610. The van der Waals surface area contributed by atoms with Crippen molar-refractivity contribution < 1.29 is 0 Å². The first-order chi connectivity index (χ1) is 7.75. The van der Waals surface area contributed by atoms with Crippen molar-refractivity contribution in [1.29, 1.82) is 0 Å². The topological polar surface area (TPSA) is 12.0 Å². The lowest BCUT2D eigenvalue weighted by molar-refractivity contribution is 0.865. The zero-order valence-corrected chi connectivity index (χ0v) is 10.6. The average molecular weight is 231 g/mol. The van der Waals surface area contributed by atoms with Crippen LogP contribution < -0.4 is 5.32 Å². The van der Waals surface area contributed by atoms with Crippen LogP contribution in [-0.2, 0) is 6.54 Å². The number of hydrogen-bond acceptors (Lipinski definition) is 2. The van der Waals surface area contributed by atoms with Crippen molar-refractivity contribution in [3.8, 4) is 0 Å². The van der Waals surface area contributed by atoms with Crippen LogP contribution in [0.3, 0.4) is 0 Å². The molecule has 0 radical (unpaired) electrons. The summed E-state index contributed by atoms with van der Waals surface area (Å²) in [5.74, 6) is 0.610. The van der Waals surface area contributed by atoms with Crippen molar-refractivity contribution in [1.82, 2.24) is 0 Å². The second-order valence-electron chi connectivity index (χ2n) is 4.26. The van der Waals surface area contributed by atoms with Crippen molar-refractivity contribution >= 4 is 17.0 Å². The molecule has 84 valence electrons. The Morgan fingerprint density at radius 1 is 1.12 bits per heavy atom. The van der Waals surface area contributed by atoms with E-state index < -0.39 is 0 Å². The zero-order chi connectivity index (χ0) is 11.4. The van der Waals surface area contributed by atoms with Crippen LogP contribution in [-0.4, -0.2) is 0 Å². The fourth-order valence-electron chi connectivity index (χ4n) is 1.59. The Labute approximate surface area is 101 Å². The second kappa shape index (κ2) is 5.17. The van der Waals surface area contributed by atoms with Crippen LogP contribution in [0.5, 0.6) is 0 Å². The number of rotatable bonds is 4. The third-order valence-electron chi connectivity index (χ3n) is 2.66.